The van der Waals surface area contributed by atoms with Crippen molar-refractivity contribution in [1.82, 2.24) is 9.88 Å². The summed E-state index contributed by atoms with van der Waals surface area (Å²) in [5.41, 5.74) is 9.53. The summed E-state index contributed by atoms with van der Waals surface area (Å²) in [5.74, 6) is 0. The number of nitrogens with zero attached hydrogens (tertiary/aromatic N) is 3. The van der Waals surface area contributed by atoms with E-state index in [1.165, 1.54) is 33.5 Å². The predicted molar refractivity (Wildman–Crippen MR) is 125 cm³/mol. The molecular weight excluding hydrogens is 356 g/mol. The van der Waals surface area contributed by atoms with Crippen LogP contribution < -0.4 is 10.2 Å². The van der Waals surface area contributed by atoms with Crippen molar-refractivity contribution in [3.63, 3.8) is 0 Å². The SMILES string of the molecule is Cc1ccc2nc(C)c(C)c(Nc3ccc(N4CCN(C)C(C)C4)cc3)c2c1C. The van der Waals surface area contributed by atoms with Crippen LogP contribution in [0.4, 0.5) is 17.1 Å². The lowest BCUT2D eigenvalue weighted by atomic mass is 9.99. The van der Waals surface area contributed by atoms with Crippen molar-refractivity contribution in [1.29, 1.82) is 0 Å². The number of likely N-dealkylation sites (N-methyl/N-ethyl adjacent to an activating group) is 1. The molecular formula is C25H32N4. The van der Waals surface area contributed by atoms with Crippen LogP contribution in [0.25, 0.3) is 10.9 Å². The molecule has 0 bridgehead atoms. The zero-order valence-corrected chi connectivity index (χ0v) is 18.5. The van der Waals surface area contributed by atoms with Gasteiger partial charge in [-0.25, -0.2) is 0 Å². The lowest BCUT2D eigenvalue weighted by Crippen LogP contribution is -2.50. The van der Waals surface area contributed by atoms with Crippen LogP contribution in [0.5, 0.6) is 0 Å². The van der Waals surface area contributed by atoms with Gasteiger partial charge in [-0.2, -0.15) is 0 Å². The minimum atomic E-state index is 0.585. The van der Waals surface area contributed by atoms with Gasteiger partial charge in [-0.15, -0.1) is 0 Å². The number of aromatic nitrogens is 1. The van der Waals surface area contributed by atoms with Crippen LogP contribution in [0.2, 0.25) is 0 Å². The number of aryl methyl sites for hydroxylation is 3. The first kappa shape index (κ1) is 19.7. The maximum absolute atomic E-state index is 4.82. The van der Waals surface area contributed by atoms with Gasteiger partial charge in [0.2, 0.25) is 0 Å². The molecule has 1 aromatic heterocycles. The highest BCUT2D eigenvalue weighted by atomic mass is 15.3. The summed E-state index contributed by atoms with van der Waals surface area (Å²) in [6.45, 7) is 14.2. The van der Waals surface area contributed by atoms with Crippen LogP contribution in [0.3, 0.4) is 0 Å². The Morgan fingerprint density at radius 3 is 2.34 bits per heavy atom. The van der Waals surface area contributed by atoms with E-state index >= 15 is 0 Å². The molecule has 4 nitrogen and oxygen atoms in total. The molecule has 0 saturated carbocycles. The second-order valence-electron chi connectivity index (χ2n) is 8.55. The third kappa shape index (κ3) is 3.69. The molecule has 2 heterocycles. The van der Waals surface area contributed by atoms with Crippen molar-refractivity contribution in [3.8, 4) is 0 Å². The molecule has 4 heteroatoms. The summed E-state index contributed by atoms with van der Waals surface area (Å²) in [6, 6.07) is 13.8. The highest BCUT2D eigenvalue weighted by molar-refractivity contribution is 5.98. The van der Waals surface area contributed by atoms with Crippen LogP contribution >= 0.6 is 0 Å². The molecule has 2 aromatic carbocycles. The minimum absolute atomic E-state index is 0.585. The summed E-state index contributed by atoms with van der Waals surface area (Å²) in [5, 5.41) is 4.93. The molecule has 0 spiro atoms. The average Bonchev–Trinajstić information content (AvgIpc) is 2.71. The first-order valence-electron chi connectivity index (χ1n) is 10.5. The molecule has 0 amide bonds. The van der Waals surface area contributed by atoms with E-state index in [9.17, 15) is 0 Å². The fourth-order valence-electron chi connectivity index (χ4n) is 4.18. The van der Waals surface area contributed by atoms with E-state index < -0.39 is 0 Å². The molecule has 1 saturated heterocycles. The lowest BCUT2D eigenvalue weighted by molar-refractivity contribution is 0.234. The van der Waals surface area contributed by atoms with Gasteiger partial charge in [-0.1, -0.05) is 6.07 Å². The normalized spacial score (nSPS) is 17.7. The molecule has 1 fully saturated rings. The Hall–Kier alpha value is -2.59. The third-order valence-electron chi connectivity index (χ3n) is 6.63. The summed E-state index contributed by atoms with van der Waals surface area (Å²) in [7, 11) is 2.21. The first-order valence-corrected chi connectivity index (χ1v) is 10.5. The average molecular weight is 389 g/mol. The Morgan fingerprint density at radius 1 is 0.931 bits per heavy atom. The van der Waals surface area contributed by atoms with Crippen molar-refractivity contribution in [2.24, 2.45) is 0 Å². The van der Waals surface area contributed by atoms with E-state index in [1.807, 2.05) is 0 Å². The molecule has 1 aliphatic rings. The Bertz CT molecular complexity index is 1040. The monoisotopic (exact) mass is 388 g/mol. The van der Waals surface area contributed by atoms with E-state index in [0.29, 0.717) is 6.04 Å². The molecule has 1 unspecified atom stereocenters. The van der Waals surface area contributed by atoms with E-state index in [-0.39, 0.29) is 0 Å². The summed E-state index contributed by atoms with van der Waals surface area (Å²) in [6.07, 6.45) is 0. The molecule has 1 atom stereocenters. The van der Waals surface area contributed by atoms with Crippen LogP contribution in [0.1, 0.15) is 29.3 Å². The standard InChI is InChI=1S/C25H32N4/c1-16-7-12-23-24(18(16)3)25(19(4)20(5)26-23)27-21-8-10-22(11-9-21)29-14-13-28(6)17(2)15-29/h7-12,17H,13-15H2,1-6H3,(H,26,27). The number of fused-ring (bicyclic) bond motifs is 1. The Labute approximate surface area is 174 Å². The Balaban J connectivity index is 1.65. The van der Waals surface area contributed by atoms with Crippen LogP contribution in [0, 0.1) is 27.7 Å². The fourth-order valence-corrected chi connectivity index (χ4v) is 4.18. The van der Waals surface area contributed by atoms with Gasteiger partial charge in [0.15, 0.2) is 0 Å². The highest BCUT2D eigenvalue weighted by Crippen LogP contribution is 2.34. The second kappa shape index (κ2) is 7.68. The van der Waals surface area contributed by atoms with Gasteiger partial charge in [0.05, 0.1) is 11.2 Å². The largest absolute Gasteiger partial charge is 0.369 e. The number of piperazine rings is 1. The van der Waals surface area contributed by atoms with Gasteiger partial charge in [0, 0.05) is 48.1 Å². The van der Waals surface area contributed by atoms with Gasteiger partial charge in [0.25, 0.3) is 0 Å². The number of benzene rings is 2. The molecule has 152 valence electrons. The van der Waals surface area contributed by atoms with E-state index in [2.05, 4.69) is 93.2 Å². The number of hydrogen-bond donors (Lipinski definition) is 1. The second-order valence-corrected chi connectivity index (χ2v) is 8.55. The van der Waals surface area contributed by atoms with Gasteiger partial charge in [-0.3, -0.25) is 4.98 Å². The van der Waals surface area contributed by atoms with Crippen LogP contribution in [-0.2, 0) is 0 Å². The third-order valence-corrected chi connectivity index (χ3v) is 6.63. The van der Waals surface area contributed by atoms with Gasteiger partial charge in [0.1, 0.15) is 0 Å². The van der Waals surface area contributed by atoms with Crippen molar-refractivity contribution < 1.29 is 0 Å². The van der Waals surface area contributed by atoms with Gasteiger partial charge >= 0.3 is 0 Å². The number of rotatable bonds is 3. The summed E-state index contributed by atoms with van der Waals surface area (Å²) >= 11 is 0. The Kier molecular flexibility index (Phi) is 5.22. The van der Waals surface area contributed by atoms with Crippen molar-refractivity contribution in [2.45, 2.75) is 40.7 Å². The quantitative estimate of drug-likeness (QED) is 0.655. The van der Waals surface area contributed by atoms with Crippen molar-refractivity contribution in [2.75, 3.05) is 36.9 Å². The number of anilines is 3. The summed E-state index contributed by atoms with van der Waals surface area (Å²) in [4.78, 5) is 9.73. The minimum Gasteiger partial charge on any atom is -0.369 e. The van der Waals surface area contributed by atoms with Gasteiger partial charge < -0.3 is 15.1 Å². The smallest absolute Gasteiger partial charge is 0.0729 e. The number of hydrogen-bond acceptors (Lipinski definition) is 4. The molecule has 3 aromatic rings. The molecule has 0 radical (unpaired) electrons. The molecule has 1 N–H and O–H groups in total. The van der Waals surface area contributed by atoms with Crippen LogP contribution in [-0.4, -0.2) is 42.6 Å². The lowest BCUT2D eigenvalue weighted by Gasteiger charge is -2.39. The van der Waals surface area contributed by atoms with E-state index in [1.54, 1.807) is 0 Å². The predicted octanol–water partition coefficient (Wildman–Crippen LogP) is 5.35. The van der Waals surface area contributed by atoms with Crippen LogP contribution in [0.15, 0.2) is 36.4 Å². The molecule has 4 rings (SSSR count). The maximum Gasteiger partial charge on any atom is 0.0729 e. The van der Waals surface area contributed by atoms with E-state index in [0.717, 1.165) is 36.5 Å². The zero-order chi connectivity index (χ0) is 20.7. The molecule has 1 aliphatic heterocycles. The Morgan fingerprint density at radius 2 is 1.66 bits per heavy atom. The molecule has 29 heavy (non-hydrogen) atoms. The topological polar surface area (TPSA) is 31.4 Å². The summed E-state index contributed by atoms with van der Waals surface area (Å²) < 4.78 is 0. The maximum atomic E-state index is 4.82. The number of pyridine rings is 1. The number of nitrogens with one attached hydrogen (secondary N) is 1. The zero-order valence-electron chi connectivity index (χ0n) is 18.5. The fraction of sp³-hybridized carbons (Fsp3) is 0.400. The molecule has 0 aliphatic carbocycles. The van der Waals surface area contributed by atoms with Gasteiger partial charge in [-0.05, 0) is 88.7 Å². The van der Waals surface area contributed by atoms with E-state index in [4.69, 9.17) is 4.98 Å². The first-order chi connectivity index (χ1) is 13.8. The highest BCUT2D eigenvalue weighted by Gasteiger charge is 2.20. The van der Waals surface area contributed by atoms with Crippen molar-refractivity contribution in [3.05, 3.63) is 58.8 Å². The van der Waals surface area contributed by atoms with Crippen molar-refractivity contribution >= 4 is 28.0 Å².